The summed E-state index contributed by atoms with van der Waals surface area (Å²) in [7, 11) is 0. The zero-order chi connectivity index (χ0) is 17.4. The molecule has 0 amide bonds. The number of alkyl halides is 3. The van der Waals surface area contributed by atoms with Crippen LogP contribution in [0.3, 0.4) is 0 Å². The van der Waals surface area contributed by atoms with Crippen molar-refractivity contribution >= 4 is 49.3 Å². The minimum absolute atomic E-state index is 0.0772. The molecule has 1 N–H and O–H groups in total. The van der Waals surface area contributed by atoms with E-state index in [1.807, 2.05) is 0 Å². The Labute approximate surface area is 138 Å². The average Bonchev–Trinajstić information content (AvgIpc) is 2.74. The van der Waals surface area contributed by atoms with Gasteiger partial charge in [0.2, 0.25) is 0 Å². The molecular formula is C11H5BrF3N3O4S. The van der Waals surface area contributed by atoms with Crippen molar-refractivity contribution in [3.8, 4) is 0 Å². The first-order valence-corrected chi connectivity index (χ1v) is 7.27. The number of benzene rings is 1. The van der Waals surface area contributed by atoms with Crippen LogP contribution in [-0.4, -0.2) is 9.85 Å². The Kier molecular flexibility index (Phi) is 4.56. The van der Waals surface area contributed by atoms with Crippen LogP contribution in [0.15, 0.2) is 28.1 Å². The molecule has 1 aromatic carbocycles. The third-order valence-corrected chi connectivity index (χ3v) is 4.36. The maximum absolute atomic E-state index is 12.7. The van der Waals surface area contributed by atoms with E-state index in [0.717, 1.165) is 18.2 Å². The van der Waals surface area contributed by atoms with Crippen molar-refractivity contribution in [2.75, 3.05) is 5.32 Å². The predicted octanol–water partition coefficient (Wildman–Crippen LogP) is 5.09. The summed E-state index contributed by atoms with van der Waals surface area (Å²) in [6.07, 6.45) is -4.58. The number of nitrogens with zero attached hydrogens (tertiary/aromatic N) is 2. The van der Waals surface area contributed by atoms with Crippen molar-refractivity contribution < 1.29 is 23.0 Å². The minimum Gasteiger partial charge on any atom is -0.341 e. The highest BCUT2D eigenvalue weighted by atomic mass is 79.9. The Bertz CT molecular complexity index is 793. The van der Waals surface area contributed by atoms with Crippen LogP contribution in [0.2, 0.25) is 0 Å². The topological polar surface area (TPSA) is 98.3 Å². The molecule has 2 rings (SSSR count). The number of thiophene rings is 1. The molecule has 1 aromatic heterocycles. The Morgan fingerprint density at radius 1 is 1.13 bits per heavy atom. The normalized spacial score (nSPS) is 11.3. The summed E-state index contributed by atoms with van der Waals surface area (Å²) in [4.78, 5) is 20.0. The van der Waals surface area contributed by atoms with Crippen LogP contribution < -0.4 is 5.32 Å². The SMILES string of the molecule is O=[N+]([O-])c1c(Br)sc(Nc2cccc(C(F)(F)F)c2)c1[N+](=O)[O-]. The van der Waals surface area contributed by atoms with Crippen molar-refractivity contribution in [2.24, 2.45) is 0 Å². The zero-order valence-electron chi connectivity index (χ0n) is 10.8. The standard InChI is InChI=1S/C11H5BrF3N3O4S/c12-9-7(17(19)20)8(18(21)22)10(23-9)16-6-3-1-2-5(4-6)11(13,14)15/h1-4,16H. The molecule has 0 aliphatic heterocycles. The highest BCUT2D eigenvalue weighted by molar-refractivity contribution is 9.11. The highest BCUT2D eigenvalue weighted by Gasteiger charge is 2.36. The van der Waals surface area contributed by atoms with Gasteiger partial charge in [-0.3, -0.25) is 20.2 Å². The molecule has 0 saturated carbocycles. The van der Waals surface area contributed by atoms with E-state index in [2.05, 4.69) is 21.2 Å². The van der Waals surface area contributed by atoms with Crippen molar-refractivity contribution in [2.45, 2.75) is 6.18 Å². The average molecular weight is 412 g/mol. The summed E-state index contributed by atoms with van der Waals surface area (Å²) in [6.45, 7) is 0. The third-order valence-electron chi connectivity index (χ3n) is 2.63. The molecule has 12 heteroatoms. The summed E-state index contributed by atoms with van der Waals surface area (Å²) in [6, 6.07) is 3.97. The summed E-state index contributed by atoms with van der Waals surface area (Å²) >= 11 is 3.50. The Hall–Kier alpha value is -2.21. The van der Waals surface area contributed by atoms with Crippen LogP contribution in [0, 0.1) is 20.2 Å². The fourth-order valence-corrected chi connectivity index (χ4v) is 3.41. The number of hydrogen-bond donors (Lipinski definition) is 1. The highest BCUT2D eigenvalue weighted by Crippen LogP contribution is 2.49. The molecule has 2 aromatic rings. The third kappa shape index (κ3) is 3.59. The summed E-state index contributed by atoms with van der Waals surface area (Å²) in [5, 5.41) is 24.1. The Morgan fingerprint density at radius 2 is 1.74 bits per heavy atom. The lowest BCUT2D eigenvalue weighted by Gasteiger charge is -2.09. The van der Waals surface area contributed by atoms with Crippen molar-refractivity contribution in [3.05, 3.63) is 53.8 Å². The maximum atomic E-state index is 12.7. The van der Waals surface area contributed by atoms with E-state index >= 15 is 0 Å². The van der Waals surface area contributed by atoms with E-state index in [9.17, 15) is 33.4 Å². The van der Waals surface area contributed by atoms with E-state index < -0.39 is 33.0 Å². The molecular weight excluding hydrogens is 407 g/mol. The molecule has 0 unspecified atom stereocenters. The van der Waals surface area contributed by atoms with Crippen molar-refractivity contribution in [1.29, 1.82) is 0 Å². The lowest BCUT2D eigenvalue weighted by atomic mass is 10.2. The zero-order valence-corrected chi connectivity index (χ0v) is 13.2. The maximum Gasteiger partial charge on any atom is 0.416 e. The van der Waals surface area contributed by atoms with Crippen LogP contribution >= 0.6 is 27.3 Å². The molecule has 7 nitrogen and oxygen atoms in total. The predicted molar refractivity (Wildman–Crippen MR) is 80.1 cm³/mol. The molecule has 0 radical (unpaired) electrons. The summed E-state index contributed by atoms with van der Waals surface area (Å²) in [5.74, 6) is 0. The van der Waals surface area contributed by atoms with Crippen LogP contribution in [-0.2, 0) is 6.18 Å². The van der Waals surface area contributed by atoms with Gasteiger partial charge in [-0.1, -0.05) is 17.4 Å². The van der Waals surface area contributed by atoms with Gasteiger partial charge in [-0.25, -0.2) is 0 Å². The van der Waals surface area contributed by atoms with Crippen LogP contribution in [0.4, 0.5) is 35.2 Å². The molecule has 0 atom stereocenters. The van der Waals surface area contributed by atoms with E-state index in [-0.39, 0.29) is 14.5 Å². The summed E-state index contributed by atoms with van der Waals surface area (Å²) in [5.41, 5.74) is -2.60. The lowest BCUT2D eigenvalue weighted by molar-refractivity contribution is -0.421. The van der Waals surface area contributed by atoms with Crippen LogP contribution in [0.1, 0.15) is 5.56 Å². The van der Waals surface area contributed by atoms with E-state index in [4.69, 9.17) is 0 Å². The number of nitrogens with one attached hydrogen (secondary N) is 1. The molecule has 0 aliphatic carbocycles. The number of hydrogen-bond acceptors (Lipinski definition) is 6. The van der Waals surface area contributed by atoms with E-state index in [0.29, 0.717) is 11.3 Å². The summed E-state index contributed by atoms with van der Waals surface area (Å²) < 4.78 is 37.9. The van der Waals surface area contributed by atoms with Crippen molar-refractivity contribution in [3.63, 3.8) is 0 Å². The van der Waals surface area contributed by atoms with E-state index in [1.54, 1.807) is 0 Å². The van der Waals surface area contributed by atoms with Gasteiger partial charge in [0.15, 0.2) is 8.79 Å². The number of anilines is 2. The van der Waals surface area contributed by atoms with Gasteiger partial charge in [0.25, 0.3) is 0 Å². The van der Waals surface area contributed by atoms with Gasteiger partial charge < -0.3 is 5.32 Å². The Morgan fingerprint density at radius 3 is 2.26 bits per heavy atom. The van der Waals surface area contributed by atoms with Crippen LogP contribution in [0.25, 0.3) is 0 Å². The van der Waals surface area contributed by atoms with Gasteiger partial charge in [0.1, 0.15) is 0 Å². The second-order valence-corrected chi connectivity index (χ2v) is 6.46. The molecule has 1 heterocycles. The lowest BCUT2D eigenvalue weighted by Crippen LogP contribution is -2.05. The quantitative estimate of drug-likeness (QED) is 0.557. The van der Waals surface area contributed by atoms with Gasteiger partial charge in [0, 0.05) is 5.69 Å². The van der Waals surface area contributed by atoms with Gasteiger partial charge >= 0.3 is 17.6 Å². The first-order chi connectivity index (χ1) is 10.6. The first kappa shape index (κ1) is 17.1. The second-order valence-electron chi connectivity index (χ2n) is 4.12. The van der Waals surface area contributed by atoms with E-state index in [1.165, 1.54) is 6.07 Å². The molecule has 0 fully saturated rings. The fourth-order valence-electron chi connectivity index (χ4n) is 1.70. The number of halogens is 4. The Balaban J connectivity index is 2.47. The van der Waals surface area contributed by atoms with Gasteiger partial charge in [-0.15, -0.1) is 0 Å². The molecule has 0 bridgehead atoms. The first-order valence-electron chi connectivity index (χ1n) is 5.66. The monoisotopic (exact) mass is 411 g/mol. The van der Waals surface area contributed by atoms with Gasteiger partial charge in [0.05, 0.1) is 15.4 Å². The number of rotatable bonds is 4. The molecule has 122 valence electrons. The van der Waals surface area contributed by atoms with Crippen molar-refractivity contribution in [1.82, 2.24) is 0 Å². The molecule has 0 aliphatic rings. The smallest absolute Gasteiger partial charge is 0.341 e. The second kappa shape index (κ2) is 6.12. The van der Waals surface area contributed by atoms with Gasteiger partial charge in [-0.05, 0) is 34.1 Å². The molecule has 0 saturated heterocycles. The molecule has 0 spiro atoms. The molecule has 23 heavy (non-hydrogen) atoms. The van der Waals surface area contributed by atoms with Crippen LogP contribution in [0.5, 0.6) is 0 Å². The number of nitro groups is 2. The fraction of sp³-hybridized carbons (Fsp3) is 0.0909. The largest absolute Gasteiger partial charge is 0.416 e. The van der Waals surface area contributed by atoms with Gasteiger partial charge in [-0.2, -0.15) is 13.2 Å². The minimum atomic E-state index is -4.58.